The summed E-state index contributed by atoms with van der Waals surface area (Å²) in [6, 6.07) is -0.862. The van der Waals surface area contributed by atoms with Gasteiger partial charge in [-0.05, 0) is 32.1 Å². The zero-order chi connectivity index (χ0) is 28.3. The van der Waals surface area contributed by atoms with Gasteiger partial charge in [-0.15, -0.1) is 11.8 Å². The molecule has 37 heavy (non-hydrogen) atoms. The van der Waals surface area contributed by atoms with Gasteiger partial charge >= 0.3 is 11.9 Å². The Morgan fingerprint density at radius 1 is 1.00 bits per heavy atom. The number of amides is 1. The highest BCUT2D eigenvalue weighted by molar-refractivity contribution is 8.01. The highest BCUT2D eigenvalue weighted by Crippen LogP contribution is 2.42. The summed E-state index contributed by atoms with van der Waals surface area (Å²) in [7, 11) is 1.30. The van der Waals surface area contributed by atoms with Gasteiger partial charge in [-0.3, -0.25) is 4.79 Å². The van der Waals surface area contributed by atoms with Gasteiger partial charge in [0.15, 0.2) is 0 Å². The predicted octanol–water partition coefficient (Wildman–Crippen LogP) is 6.27. The van der Waals surface area contributed by atoms with Crippen molar-refractivity contribution in [2.75, 3.05) is 7.11 Å². The van der Waals surface area contributed by atoms with E-state index in [1.54, 1.807) is 0 Å². The minimum absolute atomic E-state index is 0.133. The van der Waals surface area contributed by atoms with E-state index in [1.165, 1.54) is 83.2 Å². The van der Waals surface area contributed by atoms with Crippen LogP contribution in [0.2, 0.25) is 0 Å². The van der Waals surface area contributed by atoms with Crippen molar-refractivity contribution >= 4 is 29.6 Å². The van der Waals surface area contributed by atoms with Gasteiger partial charge in [-0.25, -0.2) is 9.59 Å². The molecule has 0 heterocycles. The van der Waals surface area contributed by atoms with Crippen LogP contribution in [0.4, 0.5) is 0 Å². The Bertz CT molecular complexity index is 685. The van der Waals surface area contributed by atoms with Gasteiger partial charge in [0.2, 0.25) is 5.91 Å². The number of carboxylic acid groups (broad SMARTS) is 1. The lowest BCUT2D eigenvalue weighted by Crippen LogP contribution is -2.55. The van der Waals surface area contributed by atoms with Crippen molar-refractivity contribution < 1.29 is 29.3 Å². The molecule has 1 unspecified atom stereocenters. The third-order valence-electron chi connectivity index (χ3n) is 7.09. The first-order valence-electron chi connectivity index (χ1n) is 14.1. The number of aliphatic carboxylic acids is 1. The Morgan fingerprint density at radius 2 is 1.54 bits per heavy atom. The van der Waals surface area contributed by atoms with Gasteiger partial charge < -0.3 is 20.3 Å². The van der Waals surface area contributed by atoms with Gasteiger partial charge in [0.1, 0.15) is 6.04 Å². The van der Waals surface area contributed by atoms with Crippen LogP contribution in [0.15, 0.2) is 12.2 Å². The summed E-state index contributed by atoms with van der Waals surface area (Å²) in [5, 5.41) is 22.5. The Labute approximate surface area is 229 Å². The van der Waals surface area contributed by atoms with Crippen LogP contribution in [0.25, 0.3) is 0 Å². The number of ether oxygens (including phenoxy) is 1. The molecular formula is C29H53NO6S. The van der Waals surface area contributed by atoms with Crippen LogP contribution < -0.4 is 5.32 Å². The molecule has 3 N–H and O–H groups in total. The van der Waals surface area contributed by atoms with E-state index in [1.807, 2.05) is 13.8 Å². The van der Waals surface area contributed by atoms with E-state index in [-0.39, 0.29) is 23.5 Å². The lowest BCUT2D eigenvalue weighted by atomic mass is 9.94. The fraction of sp³-hybridized carbons (Fsp3) is 0.828. The molecule has 216 valence electrons. The first kappa shape index (κ1) is 35.5. The number of aliphatic hydroxyl groups excluding tert-OH is 1. The highest BCUT2D eigenvalue weighted by atomic mass is 32.2. The SMILES string of the molecule is CCCCCCCCCCCCC(C)[C@H](S[C@](C)(CC)[C@H](NC(C)=O)C(=O)OC)[C@@H](O)CC=CC(=O)O. The molecule has 0 aromatic heterocycles. The Balaban J connectivity index is 5.26. The Kier molecular flexibility index (Phi) is 19.6. The molecule has 0 rings (SSSR count). The molecule has 0 aliphatic carbocycles. The standard InChI is InChI=1S/C29H53NO6S/c1-7-9-10-11-12-13-14-15-16-17-19-22(3)26(24(32)20-18-21-25(33)34)37-29(5,8-2)27(28(35)36-6)30-23(4)31/h18,21-22,24,26-27,32H,7-17,19-20H2,1-6H3,(H,30,31)(H,33,34)/t22?,24-,26-,27+,29+/m0/s1. The minimum Gasteiger partial charge on any atom is -0.478 e. The number of esters is 1. The van der Waals surface area contributed by atoms with Gasteiger partial charge in [0, 0.05) is 23.0 Å². The highest BCUT2D eigenvalue weighted by Gasteiger charge is 2.43. The number of methoxy groups -OCH3 is 1. The number of carbonyl (C=O) groups is 3. The molecule has 0 aliphatic heterocycles. The van der Waals surface area contributed by atoms with E-state index < -0.39 is 28.8 Å². The molecular weight excluding hydrogens is 490 g/mol. The number of thioether (sulfide) groups is 1. The van der Waals surface area contributed by atoms with Crippen molar-refractivity contribution in [1.29, 1.82) is 0 Å². The summed E-state index contributed by atoms with van der Waals surface area (Å²) in [5.74, 6) is -1.76. The summed E-state index contributed by atoms with van der Waals surface area (Å²) < 4.78 is 4.27. The molecule has 0 saturated carbocycles. The molecule has 0 aliphatic rings. The summed E-state index contributed by atoms with van der Waals surface area (Å²) >= 11 is 1.50. The maximum atomic E-state index is 12.6. The molecule has 0 saturated heterocycles. The lowest BCUT2D eigenvalue weighted by molar-refractivity contribution is -0.145. The average molecular weight is 544 g/mol. The van der Waals surface area contributed by atoms with Crippen molar-refractivity contribution in [2.24, 2.45) is 5.92 Å². The normalized spacial score (nSPS) is 16.5. The van der Waals surface area contributed by atoms with E-state index in [0.29, 0.717) is 6.42 Å². The second-order valence-corrected chi connectivity index (χ2v) is 12.1. The number of nitrogens with one attached hydrogen (secondary N) is 1. The molecule has 0 fully saturated rings. The molecule has 0 bridgehead atoms. The zero-order valence-corrected chi connectivity index (χ0v) is 24.9. The van der Waals surface area contributed by atoms with Crippen LogP contribution in [0, 0.1) is 5.92 Å². The molecule has 0 spiro atoms. The van der Waals surface area contributed by atoms with E-state index >= 15 is 0 Å². The molecule has 0 aromatic carbocycles. The number of rotatable bonds is 22. The lowest BCUT2D eigenvalue weighted by Gasteiger charge is -2.40. The monoisotopic (exact) mass is 543 g/mol. The largest absolute Gasteiger partial charge is 0.478 e. The zero-order valence-electron chi connectivity index (χ0n) is 24.1. The van der Waals surface area contributed by atoms with E-state index in [0.717, 1.165) is 25.3 Å². The van der Waals surface area contributed by atoms with Crippen molar-refractivity contribution in [2.45, 2.75) is 140 Å². The minimum atomic E-state index is -1.05. The molecule has 7 nitrogen and oxygen atoms in total. The predicted molar refractivity (Wildman–Crippen MR) is 153 cm³/mol. The van der Waals surface area contributed by atoms with Crippen LogP contribution in [-0.4, -0.2) is 57.3 Å². The van der Waals surface area contributed by atoms with Crippen molar-refractivity contribution in [3.63, 3.8) is 0 Å². The first-order chi connectivity index (χ1) is 17.5. The van der Waals surface area contributed by atoms with Crippen molar-refractivity contribution in [1.82, 2.24) is 5.32 Å². The van der Waals surface area contributed by atoms with Crippen LogP contribution in [-0.2, 0) is 19.1 Å². The quantitative estimate of drug-likeness (QED) is 0.0837. The smallest absolute Gasteiger partial charge is 0.329 e. The maximum Gasteiger partial charge on any atom is 0.329 e. The fourth-order valence-corrected chi connectivity index (χ4v) is 6.30. The Morgan fingerprint density at radius 3 is 2.00 bits per heavy atom. The summed E-state index contributed by atoms with van der Waals surface area (Å²) in [4.78, 5) is 35.4. The number of hydrogen-bond donors (Lipinski definition) is 3. The maximum absolute atomic E-state index is 12.6. The second-order valence-electron chi connectivity index (χ2n) is 10.4. The van der Waals surface area contributed by atoms with E-state index in [4.69, 9.17) is 9.84 Å². The molecule has 0 aromatic rings. The molecule has 1 amide bonds. The van der Waals surface area contributed by atoms with E-state index in [2.05, 4.69) is 19.2 Å². The third-order valence-corrected chi connectivity index (χ3v) is 9.21. The summed E-state index contributed by atoms with van der Waals surface area (Å²) in [6.45, 7) is 9.57. The molecule has 5 atom stereocenters. The van der Waals surface area contributed by atoms with Crippen LogP contribution in [0.3, 0.4) is 0 Å². The number of carboxylic acids is 1. The number of unbranched alkanes of at least 4 members (excludes halogenated alkanes) is 9. The van der Waals surface area contributed by atoms with Crippen molar-refractivity contribution in [3.8, 4) is 0 Å². The Hall–Kier alpha value is -1.54. The molecule has 8 heteroatoms. The summed E-state index contributed by atoms with van der Waals surface area (Å²) in [6.07, 6.45) is 16.0. The molecule has 0 radical (unpaired) electrons. The first-order valence-corrected chi connectivity index (χ1v) is 15.0. The number of aliphatic hydroxyl groups is 1. The number of carbonyl (C=O) groups excluding carboxylic acids is 2. The van der Waals surface area contributed by atoms with Crippen LogP contribution >= 0.6 is 11.8 Å². The van der Waals surface area contributed by atoms with Crippen LogP contribution in [0.1, 0.15) is 118 Å². The van der Waals surface area contributed by atoms with Crippen LogP contribution in [0.5, 0.6) is 0 Å². The van der Waals surface area contributed by atoms with Gasteiger partial charge in [0.05, 0.1) is 13.2 Å². The van der Waals surface area contributed by atoms with Gasteiger partial charge in [-0.2, -0.15) is 0 Å². The van der Waals surface area contributed by atoms with Gasteiger partial charge in [-0.1, -0.05) is 91.1 Å². The topological polar surface area (TPSA) is 113 Å². The third kappa shape index (κ3) is 15.5. The van der Waals surface area contributed by atoms with Gasteiger partial charge in [0.25, 0.3) is 0 Å². The fourth-order valence-electron chi connectivity index (χ4n) is 4.58. The second kappa shape index (κ2) is 20.4. The average Bonchev–Trinajstić information content (AvgIpc) is 2.85. The van der Waals surface area contributed by atoms with E-state index in [9.17, 15) is 19.5 Å². The summed E-state index contributed by atoms with van der Waals surface area (Å²) in [5.41, 5.74) is 0. The number of hydrogen-bond acceptors (Lipinski definition) is 6. The van der Waals surface area contributed by atoms with Crippen molar-refractivity contribution in [3.05, 3.63) is 12.2 Å².